The van der Waals surface area contributed by atoms with Crippen LogP contribution >= 0.6 is 27.7 Å². The molecule has 0 saturated heterocycles. The number of ether oxygens (including phenoxy) is 1. The summed E-state index contributed by atoms with van der Waals surface area (Å²) >= 11 is 4.98. The maximum absolute atomic E-state index is 8.93. The Hall–Kier alpha value is -0.500. The Labute approximate surface area is 96.4 Å². The van der Waals surface area contributed by atoms with Crippen molar-refractivity contribution in [3.05, 3.63) is 28.2 Å². The molecule has 0 N–H and O–H groups in total. The first-order valence-electron chi connectivity index (χ1n) is 4.10. The Morgan fingerprint density at radius 1 is 1.57 bits per heavy atom. The summed E-state index contributed by atoms with van der Waals surface area (Å²) in [6.45, 7) is 0.696. The van der Waals surface area contributed by atoms with Gasteiger partial charge in [-0.3, -0.25) is 0 Å². The lowest BCUT2D eigenvalue weighted by molar-refractivity contribution is 0.218. The van der Waals surface area contributed by atoms with Crippen LogP contribution in [0.3, 0.4) is 0 Å². The third-order valence-electron chi connectivity index (χ3n) is 1.63. The van der Waals surface area contributed by atoms with Crippen LogP contribution in [0.25, 0.3) is 0 Å². The van der Waals surface area contributed by atoms with Gasteiger partial charge >= 0.3 is 0 Å². The molecular formula is C10H10BrNOS. The SMILES string of the molecule is COCCSc1cccc(Br)c1C#N. The molecule has 0 unspecified atom stereocenters. The molecule has 0 radical (unpaired) electrons. The number of halogens is 1. The average Bonchev–Trinajstić information content (AvgIpc) is 2.18. The summed E-state index contributed by atoms with van der Waals surface area (Å²) in [6, 6.07) is 7.93. The first-order valence-corrected chi connectivity index (χ1v) is 5.87. The van der Waals surface area contributed by atoms with Gasteiger partial charge < -0.3 is 4.74 Å². The zero-order valence-electron chi connectivity index (χ0n) is 7.79. The van der Waals surface area contributed by atoms with Crippen molar-refractivity contribution >= 4 is 27.7 Å². The molecule has 0 atom stereocenters. The molecule has 14 heavy (non-hydrogen) atoms. The third-order valence-corrected chi connectivity index (χ3v) is 3.32. The van der Waals surface area contributed by atoms with Crippen molar-refractivity contribution in [3.63, 3.8) is 0 Å². The van der Waals surface area contributed by atoms with Crippen LogP contribution in [0.2, 0.25) is 0 Å². The van der Waals surface area contributed by atoms with E-state index in [-0.39, 0.29) is 0 Å². The Kier molecular flexibility index (Phi) is 5.02. The molecule has 74 valence electrons. The fraction of sp³-hybridized carbons (Fsp3) is 0.300. The molecule has 0 saturated carbocycles. The monoisotopic (exact) mass is 271 g/mol. The molecule has 0 heterocycles. The van der Waals surface area contributed by atoms with Crippen molar-refractivity contribution in [1.29, 1.82) is 5.26 Å². The summed E-state index contributed by atoms with van der Waals surface area (Å²) in [4.78, 5) is 0.999. The third kappa shape index (κ3) is 3.02. The van der Waals surface area contributed by atoms with Crippen molar-refractivity contribution in [3.8, 4) is 6.07 Å². The van der Waals surface area contributed by atoms with Gasteiger partial charge in [0, 0.05) is 22.2 Å². The number of nitriles is 1. The minimum Gasteiger partial charge on any atom is -0.384 e. The van der Waals surface area contributed by atoms with Crippen molar-refractivity contribution in [2.24, 2.45) is 0 Å². The molecule has 4 heteroatoms. The van der Waals surface area contributed by atoms with Crippen LogP contribution in [0.15, 0.2) is 27.6 Å². The highest BCUT2D eigenvalue weighted by Crippen LogP contribution is 2.27. The van der Waals surface area contributed by atoms with Crippen LogP contribution in [0.1, 0.15) is 5.56 Å². The Bertz CT molecular complexity index is 348. The highest BCUT2D eigenvalue weighted by atomic mass is 79.9. The van der Waals surface area contributed by atoms with Gasteiger partial charge in [-0.25, -0.2) is 0 Å². The highest BCUT2D eigenvalue weighted by molar-refractivity contribution is 9.10. The summed E-state index contributed by atoms with van der Waals surface area (Å²) in [6.07, 6.45) is 0. The summed E-state index contributed by atoms with van der Waals surface area (Å²) < 4.78 is 5.80. The minimum absolute atomic E-state index is 0.696. The number of methoxy groups -OCH3 is 1. The van der Waals surface area contributed by atoms with Crippen LogP contribution in [0.5, 0.6) is 0 Å². The number of hydrogen-bond donors (Lipinski definition) is 0. The average molecular weight is 272 g/mol. The maximum Gasteiger partial charge on any atom is 0.101 e. The van der Waals surface area contributed by atoms with Crippen molar-refractivity contribution in [1.82, 2.24) is 0 Å². The van der Waals surface area contributed by atoms with E-state index in [1.807, 2.05) is 18.2 Å². The largest absolute Gasteiger partial charge is 0.384 e. The molecule has 0 spiro atoms. The fourth-order valence-electron chi connectivity index (χ4n) is 0.968. The first kappa shape index (κ1) is 11.6. The minimum atomic E-state index is 0.696. The molecule has 1 rings (SSSR count). The van der Waals surface area contributed by atoms with Crippen molar-refractivity contribution in [2.75, 3.05) is 19.5 Å². The first-order chi connectivity index (χ1) is 6.79. The summed E-state index contributed by atoms with van der Waals surface area (Å²) in [5.74, 6) is 0.863. The van der Waals surface area contributed by atoms with Crippen LogP contribution in [-0.2, 0) is 4.74 Å². The van der Waals surface area contributed by atoms with Crippen LogP contribution in [0.4, 0.5) is 0 Å². The summed E-state index contributed by atoms with van der Waals surface area (Å²) in [5.41, 5.74) is 0.702. The van der Waals surface area contributed by atoms with E-state index in [2.05, 4.69) is 22.0 Å². The Morgan fingerprint density at radius 3 is 3.00 bits per heavy atom. The summed E-state index contributed by atoms with van der Waals surface area (Å²) in [7, 11) is 1.67. The number of thioether (sulfide) groups is 1. The molecule has 2 nitrogen and oxygen atoms in total. The topological polar surface area (TPSA) is 33.0 Å². The van der Waals surface area contributed by atoms with E-state index in [4.69, 9.17) is 10.00 Å². The van der Waals surface area contributed by atoms with E-state index >= 15 is 0 Å². The van der Waals surface area contributed by atoms with E-state index < -0.39 is 0 Å². The van der Waals surface area contributed by atoms with Crippen LogP contribution in [-0.4, -0.2) is 19.5 Å². The predicted molar refractivity (Wildman–Crippen MR) is 61.5 cm³/mol. The van der Waals surface area contributed by atoms with Gasteiger partial charge in [0.25, 0.3) is 0 Å². The van der Waals surface area contributed by atoms with Gasteiger partial charge in [-0.05, 0) is 28.1 Å². The zero-order valence-corrected chi connectivity index (χ0v) is 10.2. The normalized spacial score (nSPS) is 9.79. The van der Waals surface area contributed by atoms with E-state index in [1.54, 1.807) is 18.9 Å². The number of benzene rings is 1. The van der Waals surface area contributed by atoms with Gasteiger partial charge in [-0.2, -0.15) is 5.26 Å². The molecule has 0 aliphatic carbocycles. The van der Waals surface area contributed by atoms with Crippen LogP contribution < -0.4 is 0 Å². The van der Waals surface area contributed by atoms with Gasteiger partial charge in [-0.15, -0.1) is 11.8 Å². The number of rotatable bonds is 4. The van der Waals surface area contributed by atoms with E-state index in [1.165, 1.54) is 0 Å². The maximum atomic E-state index is 8.93. The van der Waals surface area contributed by atoms with Gasteiger partial charge in [0.1, 0.15) is 6.07 Å². The Morgan fingerprint density at radius 2 is 2.36 bits per heavy atom. The smallest absolute Gasteiger partial charge is 0.101 e. The van der Waals surface area contributed by atoms with Crippen LogP contribution in [0, 0.1) is 11.3 Å². The predicted octanol–water partition coefficient (Wildman–Crippen LogP) is 3.06. The molecular weight excluding hydrogens is 262 g/mol. The van der Waals surface area contributed by atoms with Gasteiger partial charge in [0.15, 0.2) is 0 Å². The zero-order chi connectivity index (χ0) is 10.4. The number of nitrogens with zero attached hydrogens (tertiary/aromatic N) is 1. The van der Waals surface area contributed by atoms with Crippen molar-refractivity contribution < 1.29 is 4.74 Å². The van der Waals surface area contributed by atoms with E-state index in [0.717, 1.165) is 15.1 Å². The molecule has 1 aromatic carbocycles. The molecule has 0 aliphatic heterocycles. The lowest BCUT2D eigenvalue weighted by atomic mass is 10.2. The lowest BCUT2D eigenvalue weighted by Gasteiger charge is -2.04. The second kappa shape index (κ2) is 6.07. The molecule has 0 bridgehead atoms. The molecule has 0 aromatic heterocycles. The molecule has 0 amide bonds. The molecule has 0 fully saturated rings. The molecule has 0 aliphatic rings. The standard InChI is InChI=1S/C10H10BrNOS/c1-13-5-6-14-10-4-2-3-9(11)8(10)7-12/h2-4H,5-6H2,1H3. The van der Waals surface area contributed by atoms with Gasteiger partial charge in [0.05, 0.1) is 12.2 Å². The molecule has 1 aromatic rings. The fourth-order valence-corrected chi connectivity index (χ4v) is 2.50. The number of hydrogen-bond acceptors (Lipinski definition) is 3. The van der Waals surface area contributed by atoms with Gasteiger partial charge in [-0.1, -0.05) is 6.07 Å². The lowest BCUT2D eigenvalue weighted by Crippen LogP contribution is -1.92. The van der Waals surface area contributed by atoms with E-state index in [9.17, 15) is 0 Å². The van der Waals surface area contributed by atoms with E-state index in [0.29, 0.717) is 12.2 Å². The second-order valence-electron chi connectivity index (χ2n) is 2.57. The van der Waals surface area contributed by atoms with Crippen molar-refractivity contribution in [2.45, 2.75) is 4.90 Å². The highest BCUT2D eigenvalue weighted by Gasteiger charge is 2.05. The second-order valence-corrected chi connectivity index (χ2v) is 4.56. The quantitative estimate of drug-likeness (QED) is 0.624. The summed E-state index contributed by atoms with van der Waals surface area (Å²) in [5, 5.41) is 8.93. The van der Waals surface area contributed by atoms with Gasteiger partial charge in [0.2, 0.25) is 0 Å². The Balaban J connectivity index is 2.76.